The van der Waals surface area contributed by atoms with E-state index in [2.05, 4.69) is 32.6 Å². The number of benzene rings is 1. The van der Waals surface area contributed by atoms with Crippen LogP contribution >= 0.6 is 22.6 Å². The van der Waals surface area contributed by atoms with Crippen LogP contribution in [0.3, 0.4) is 0 Å². The molecular weight excluding hydrogens is 412 g/mol. The molecule has 2 heterocycles. The van der Waals surface area contributed by atoms with E-state index in [1.165, 1.54) is 10.6 Å². The molecule has 1 aromatic carbocycles. The second-order valence-electron chi connectivity index (χ2n) is 4.88. The molecular formula is C16H13FIN3O2. The Labute approximate surface area is 145 Å². The fourth-order valence-corrected chi connectivity index (χ4v) is 3.12. The molecule has 0 aliphatic rings. The number of carbonyl (C=O) groups excluding carboxylic acids is 1. The van der Waals surface area contributed by atoms with Crippen molar-refractivity contribution < 1.29 is 13.9 Å². The second kappa shape index (κ2) is 6.23. The highest BCUT2D eigenvalue weighted by Gasteiger charge is 2.21. The maximum atomic E-state index is 13.5. The Morgan fingerprint density at radius 1 is 1.43 bits per heavy atom. The molecule has 0 aliphatic heterocycles. The predicted molar refractivity (Wildman–Crippen MR) is 91.5 cm³/mol. The van der Waals surface area contributed by atoms with Crippen LogP contribution in [0.2, 0.25) is 0 Å². The molecule has 0 unspecified atom stereocenters. The van der Waals surface area contributed by atoms with Gasteiger partial charge in [-0.3, -0.25) is 9.20 Å². The number of methoxy groups -OCH3 is 1. The molecule has 7 heteroatoms. The van der Waals surface area contributed by atoms with Crippen molar-refractivity contribution in [2.24, 2.45) is 0 Å². The van der Waals surface area contributed by atoms with Crippen LogP contribution in [0.1, 0.15) is 28.7 Å². The van der Waals surface area contributed by atoms with Crippen LogP contribution in [0, 0.1) is 9.39 Å². The van der Waals surface area contributed by atoms with Gasteiger partial charge in [0.25, 0.3) is 0 Å². The molecule has 0 amide bonds. The smallest absolute Gasteiger partial charge is 0.234 e. The van der Waals surface area contributed by atoms with Crippen LogP contribution in [0.5, 0.6) is 5.75 Å². The number of ether oxygens (including phenoxy) is 1. The summed E-state index contributed by atoms with van der Waals surface area (Å²) in [5.41, 5.74) is 1.44. The Hall–Kier alpha value is -2.03. The Morgan fingerprint density at radius 3 is 2.87 bits per heavy atom. The monoisotopic (exact) mass is 425 g/mol. The van der Waals surface area contributed by atoms with Crippen LogP contribution < -0.4 is 4.74 Å². The van der Waals surface area contributed by atoms with Crippen molar-refractivity contribution in [1.82, 2.24) is 14.4 Å². The molecule has 118 valence electrons. The molecule has 2 aromatic heterocycles. The number of carbonyl (C=O) groups is 1. The Morgan fingerprint density at radius 2 is 2.22 bits per heavy atom. The largest absolute Gasteiger partial charge is 0.496 e. The molecule has 0 spiro atoms. The first kappa shape index (κ1) is 15.9. The zero-order valence-corrected chi connectivity index (χ0v) is 14.7. The lowest BCUT2D eigenvalue weighted by Crippen LogP contribution is -2.09. The Bertz CT molecular complexity index is 908. The van der Waals surface area contributed by atoms with Crippen molar-refractivity contribution in [1.29, 1.82) is 0 Å². The van der Waals surface area contributed by atoms with E-state index in [1.54, 1.807) is 25.3 Å². The zero-order valence-electron chi connectivity index (χ0n) is 12.5. The van der Waals surface area contributed by atoms with E-state index in [0.29, 0.717) is 34.9 Å². The number of imidazole rings is 1. The van der Waals surface area contributed by atoms with Gasteiger partial charge in [0.1, 0.15) is 11.4 Å². The van der Waals surface area contributed by atoms with Gasteiger partial charge in [-0.25, -0.2) is 14.4 Å². The maximum absolute atomic E-state index is 13.5. The van der Waals surface area contributed by atoms with Crippen molar-refractivity contribution in [2.75, 3.05) is 7.11 Å². The molecule has 0 fully saturated rings. The van der Waals surface area contributed by atoms with Gasteiger partial charge >= 0.3 is 0 Å². The Balaban J connectivity index is 2.17. The summed E-state index contributed by atoms with van der Waals surface area (Å²) in [4.78, 5) is 21.2. The lowest BCUT2D eigenvalue weighted by atomic mass is 10.1. The van der Waals surface area contributed by atoms with E-state index < -0.39 is 5.82 Å². The third-order valence-corrected chi connectivity index (χ3v) is 4.33. The van der Waals surface area contributed by atoms with Crippen LogP contribution in [-0.2, 0) is 6.42 Å². The van der Waals surface area contributed by atoms with E-state index in [-0.39, 0.29) is 5.78 Å². The van der Waals surface area contributed by atoms with E-state index in [9.17, 15) is 9.18 Å². The normalized spacial score (nSPS) is 11.0. The lowest BCUT2D eigenvalue weighted by Gasteiger charge is -2.07. The van der Waals surface area contributed by atoms with Gasteiger partial charge in [-0.1, -0.05) is 6.92 Å². The number of nitrogens with zero attached hydrogens (tertiary/aromatic N) is 3. The van der Waals surface area contributed by atoms with E-state index in [4.69, 9.17) is 4.74 Å². The van der Waals surface area contributed by atoms with E-state index >= 15 is 0 Å². The van der Waals surface area contributed by atoms with Gasteiger partial charge in [0.15, 0.2) is 5.82 Å². The van der Waals surface area contributed by atoms with Crippen LogP contribution in [0.25, 0.3) is 5.78 Å². The quantitative estimate of drug-likeness (QED) is 0.476. The highest BCUT2D eigenvalue weighted by atomic mass is 127. The second-order valence-corrected chi connectivity index (χ2v) is 6.04. The number of rotatable bonds is 4. The molecule has 0 aliphatic carbocycles. The highest BCUT2D eigenvalue weighted by Crippen LogP contribution is 2.24. The standard InChI is InChI=1S/C16H13FIN3O2/c1-3-12-14(21-8-10(17)7-19-16(21)20-12)15(22)9-4-5-13(23-2)11(18)6-9/h4-8H,3H2,1-2H3. The average molecular weight is 425 g/mol. The number of aromatic nitrogens is 3. The van der Waals surface area contributed by atoms with Crippen molar-refractivity contribution in [3.63, 3.8) is 0 Å². The summed E-state index contributed by atoms with van der Waals surface area (Å²) in [5.74, 6) is 0.275. The summed E-state index contributed by atoms with van der Waals surface area (Å²) in [6, 6.07) is 5.17. The molecule has 0 atom stereocenters. The molecule has 23 heavy (non-hydrogen) atoms. The van der Waals surface area contributed by atoms with Crippen molar-refractivity contribution >= 4 is 34.2 Å². The first-order valence-corrected chi connectivity index (χ1v) is 8.03. The summed E-state index contributed by atoms with van der Waals surface area (Å²) in [5, 5.41) is 0. The van der Waals surface area contributed by atoms with Gasteiger partial charge in [-0.2, -0.15) is 0 Å². The van der Waals surface area contributed by atoms with Gasteiger partial charge in [-0.15, -0.1) is 0 Å². The summed E-state index contributed by atoms with van der Waals surface area (Å²) < 4.78 is 21.0. The minimum absolute atomic E-state index is 0.220. The first-order chi connectivity index (χ1) is 11.0. The molecule has 3 aromatic rings. The summed E-state index contributed by atoms with van der Waals surface area (Å²) in [6.07, 6.45) is 2.88. The van der Waals surface area contributed by atoms with Crippen molar-refractivity contribution in [2.45, 2.75) is 13.3 Å². The van der Waals surface area contributed by atoms with Crippen LogP contribution in [0.15, 0.2) is 30.6 Å². The third-order valence-electron chi connectivity index (χ3n) is 3.48. The van der Waals surface area contributed by atoms with Gasteiger partial charge in [0.2, 0.25) is 11.6 Å². The molecule has 0 saturated carbocycles. The predicted octanol–water partition coefficient (Wildman–Crippen LogP) is 3.28. The lowest BCUT2D eigenvalue weighted by molar-refractivity contribution is 0.103. The van der Waals surface area contributed by atoms with Gasteiger partial charge in [0.05, 0.1) is 28.8 Å². The van der Waals surface area contributed by atoms with Gasteiger partial charge < -0.3 is 4.74 Å². The van der Waals surface area contributed by atoms with Crippen molar-refractivity contribution in [3.05, 3.63) is 56.9 Å². The fourth-order valence-electron chi connectivity index (χ4n) is 2.39. The number of fused-ring (bicyclic) bond motifs is 1. The molecule has 0 bridgehead atoms. The molecule has 0 N–H and O–H groups in total. The Kier molecular flexibility index (Phi) is 4.29. The number of hydrogen-bond donors (Lipinski definition) is 0. The summed E-state index contributed by atoms with van der Waals surface area (Å²) in [7, 11) is 1.58. The number of aryl methyl sites for hydroxylation is 1. The third kappa shape index (κ3) is 2.80. The number of halogens is 2. The SMILES string of the molecule is CCc1nc2ncc(F)cn2c1C(=O)c1ccc(OC)c(I)c1. The first-order valence-electron chi connectivity index (χ1n) is 6.95. The van der Waals surface area contributed by atoms with Crippen molar-refractivity contribution in [3.8, 4) is 5.75 Å². The molecule has 0 radical (unpaired) electrons. The minimum atomic E-state index is -0.518. The van der Waals surface area contributed by atoms with Gasteiger partial charge in [-0.05, 0) is 47.2 Å². The van der Waals surface area contributed by atoms with Crippen LogP contribution in [-0.4, -0.2) is 27.3 Å². The van der Waals surface area contributed by atoms with E-state index in [0.717, 1.165) is 9.77 Å². The highest BCUT2D eigenvalue weighted by molar-refractivity contribution is 14.1. The van der Waals surface area contributed by atoms with Crippen LogP contribution in [0.4, 0.5) is 4.39 Å². The minimum Gasteiger partial charge on any atom is -0.496 e. The summed E-state index contributed by atoms with van der Waals surface area (Å²) >= 11 is 2.11. The molecule has 5 nitrogen and oxygen atoms in total. The number of ketones is 1. The maximum Gasteiger partial charge on any atom is 0.234 e. The topological polar surface area (TPSA) is 56.5 Å². The fraction of sp³-hybridized carbons (Fsp3) is 0.188. The molecule has 0 saturated heterocycles. The van der Waals surface area contributed by atoms with E-state index in [1.807, 2.05) is 6.92 Å². The number of hydrogen-bond acceptors (Lipinski definition) is 4. The summed E-state index contributed by atoms with van der Waals surface area (Å²) in [6.45, 7) is 1.90. The zero-order chi connectivity index (χ0) is 16.6. The molecule has 3 rings (SSSR count). The van der Waals surface area contributed by atoms with Gasteiger partial charge in [0, 0.05) is 5.56 Å². The average Bonchev–Trinajstić information content (AvgIpc) is 2.91.